The van der Waals surface area contributed by atoms with E-state index in [1.165, 1.54) is 42.5 Å². The summed E-state index contributed by atoms with van der Waals surface area (Å²) in [5, 5.41) is 12.4. The summed E-state index contributed by atoms with van der Waals surface area (Å²) in [6.07, 6.45) is 1.26. The molecule has 3 rings (SSSR count). The van der Waals surface area contributed by atoms with E-state index in [2.05, 4.69) is 5.32 Å². The van der Waals surface area contributed by atoms with Crippen molar-refractivity contribution < 1.29 is 22.1 Å². The number of carbonyl (C=O) groups excluding carboxylic acids is 1. The van der Waals surface area contributed by atoms with Crippen molar-refractivity contribution in [3.05, 3.63) is 86.4 Å². The first kappa shape index (κ1) is 27.4. The van der Waals surface area contributed by atoms with Crippen molar-refractivity contribution in [2.45, 2.75) is 18.7 Å². The summed E-state index contributed by atoms with van der Waals surface area (Å²) in [5.41, 5.74) is 1.04. The molecule has 11 heteroatoms. The minimum Gasteiger partial charge on any atom is -0.490 e. The number of rotatable bonds is 8. The van der Waals surface area contributed by atoms with E-state index in [0.29, 0.717) is 5.56 Å². The van der Waals surface area contributed by atoms with E-state index >= 15 is 0 Å². The number of nitrogens with zero attached hydrogens (tertiary/aromatic N) is 1. The maximum Gasteiger partial charge on any atom is 0.339 e. The Morgan fingerprint density at radius 1 is 1.06 bits per heavy atom. The number of benzene rings is 3. The van der Waals surface area contributed by atoms with Crippen LogP contribution in [-0.4, -0.2) is 20.9 Å². The number of amides is 1. The van der Waals surface area contributed by atoms with Gasteiger partial charge in [-0.25, -0.2) is 0 Å². The topological polar surface area (TPSA) is 105 Å². The van der Waals surface area contributed by atoms with E-state index < -0.39 is 16.0 Å². The molecule has 7 nitrogen and oxygen atoms in total. The summed E-state index contributed by atoms with van der Waals surface area (Å²) in [5.74, 6) is -0.968. The summed E-state index contributed by atoms with van der Waals surface area (Å²) >= 11 is 18.5. The van der Waals surface area contributed by atoms with E-state index in [0.717, 1.165) is 5.56 Å². The van der Waals surface area contributed by atoms with E-state index in [1.807, 2.05) is 13.0 Å². The highest BCUT2D eigenvalue weighted by molar-refractivity contribution is 7.87. The molecule has 0 heterocycles. The van der Waals surface area contributed by atoms with Gasteiger partial charge in [0.05, 0.1) is 27.4 Å². The SMILES string of the molecule is CCOc1cc(/C=C(\C#N)C(=O)Nc2c(Cl)cccc2Cl)cc(Cl)c1OS(=O)(=O)c1ccc(C)cc1. The molecule has 0 radical (unpaired) electrons. The maximum atomic E-state index is 12.8. The first-order chi connectivity index (χ1) is 17.1. The van der Waals surface area contributed by atoms with Crippen LogP contribution in [-0.2, 0) is 14.9 Å². The van der Waals surface area contributed by atoms with Gasteiger partial charge in [0.1, 0.15) is 16.5 Å². The summed E-state index contributed by atoms with van der Waals surface area (Å²) in [6.45, 7) is 3.68. The molecule has 0 bridgehead atoms. The van der Waals surface area contributed by atoms with Crippen LogP contribution in [0.3, 0.4) is 0 Å². The molecule has 3 aromatic carbocycles. The van der Waals surface area contributed by atoms with Crippen LogP contribution in [0.15, 0.2) is 65.1 Å². The Morgan fingerprint density at radius 2 is 1.69 bits per heavy atom. The Kier molecular flexibility index (Phi) is 8.88. The first-order valence-electron chi connectivity index (χ1n) is 10.4. The van der Waals surface area contributed by atoms with E-state index in [-0.39, 0.29) is 49.3 Å². The Hall–Kier alpha value is -3.22. The van der Waals surface area contributed by atoms with Crippen molar-refractivity contribution in [3.8, 4) is 17.6 Å². The molecule has 0 aliphatic carbocycles. The van der Waals surface area contributed by atoms with Crippen molar-refractivity contribution in [1.82, 2.24) is 0 Å². The average molecular weight is 566 g/mol. The fourth-order valence-electron chi connectivity index (χ4n) is 2.99. The molecule has 1 amide bonds. The highest BCUT2D eigenvalue weighted by Gasteiger charge is 2.23. The fourth-order valence-corrected chi connectivity index (χ4v) is 4.74. The Balaban J connectivity index is 1.96. The normalized spacial score (nSPS) is 11.5. The van der Waals surface area contributed by atoms with E-state index in [4.69, 9.17) is 43.7 Å². The van der Waals surface area contributed by atoms with Crippen LogP contribution in [0, 0.1) is 18.3 Å². The van der Waals surface area contributed by atoms with Crippen LogP contribution in [0.1, 0.15) is 18.1 Å². The number of aryl methyl sites for hydroxylation is 1. The highest BCUT2D eigenvalue weighted by atomic mass is 35.5. The van der Waals surface area contributed by atoms with Gasteiger partial charge in [0.25, 0.3) is 5.91 Å². The standard InChI is InChI=1S/C25H19Cl3N2O5S/c1-3-34-22-13-16(11-17(14-29)25(31)30-23-19(26)5-4-6-20(23)27)12-21(28)24(22)35-36(32,33)18-9-7-15(2)8-10-18/h4-13H,3H2,1-2H3,(H,30,31)/b17-11+. The number of hydrogen-bond acceptors (Lipinski definition) is 6. The van der Waals surface area contributed by atoms with Crippen LogP contribution in [0.2, 0.25) is 15.1 Å². The molecule has 0 saturated carbocycles. The summed E-state index contributed by atoms with van der Waals surface area (Å²) < 4.78 is 36.4. The fraction of sp³-hybridized carbons (Fsp3) is 0.120. The zero-order valence-corrected chi connectivity index (χ0v) is 22.1. The van der Waals surface area contributed by atoms with Gasteiger partial charge in [0.15, 0.2) is 5.75 Å². The van der Waals surface area contributed by atoms with Gasteiger partial charge in [-0.05, 0) is 61.9 Å². The molecule has 0 aliphatic rings. The van der Waals surface area contributed by atoms with Crippen LogP contribution in [0.25, 0.3) is 6.08 Å². The molecule has 0 aromatic heterocycles. The van der Waals surface area contributed by atoms with Crippen molar-refractivity contribution >= 4 is 62.6 Å². The lowest BCUT2D eigenvalue weighted by atomic mass is 10.1. The summed E-state index contributed by atoms with van der Waals surface area (Å²) in [4.78, 5) is 12.6. The average Bonchev–Trinajstić information content (AvgIpc) is 2.82. The third-order valence-corrected chi connectivity index (χ3v) is 6.86. The van der Waals surface area contributed by atoms with Gasteiger partial charge in [0.2, 0.25) is 5.75 Å². The molecule has 1 N–H and O–H groups in total. The Morgan fingerprint density at radius 3 is 2.28 bits per heavy atom. The second-order valence-electron chi connectivity index (χ2n) is 7.33. The minimum atomic E-state index is -4.21. The number of ether oxygens (including phenoxy) is 1. The smallest absolute Gasteiger partial charge is 0.339 e. The number of para-hydroxylation sites is 1. The molecule has 0 aliphatic heterocycles. The lowest BCUT2D eigenvalue weighted by molar-refractivity contribution is -0.112. The largest absolute Gasteiger partial charge is 0.490 e. The predicted octanol–water partition coefficient (Wildman–Crippen LogP) is 6.67. The molecule has 3 aromatic rings. The van der Waals surface area contributed by atoms with Crippen molar-refractivity contribution in [1.29, 1.82) is 5.26 Å². The molecular weight excluding hydrogens is 547 g/mol. The molecular formula is C25H19Cl3N2O5S. The molecule has 186 valence electrons. The number of hydrogen-bond donors (Lipinski definition) is 1. The minimum absolute atomic E-state index is 0.0128. The summed E-state index contributed by atoms with van der Waals surface area (Å²) in [7, 11) is -4.21. The van der Waals surface area contributed by atoms with Gasteiger partial charge in [-0.2, -0.15) is 13.7 Å². The lowest BCUT2D eigenvalue weighted by Gasteiger charge is -2.14. The Labute approximate surface area is 223 Å². The van der Waals surface area contributed by atoms with Crippen molar-refractivity contribution in [3.63, 3.8) is 0 Å². The predicted molar refractivity (Wildman–Crippen MR) is 140 cm³/mol. The number of nitriles is 1. The lowest BCUT2D eigenvalue weighted by Crippen LogP contribution is -2.14. The van der Waals surface area contributed by atoms with Crippen molar-refractivity contribution in [2.24, 2.45) is 0 Å². The van der Waals surface area contributed by atoms with Crippen LogP contribution >= 0.6 is 34.8 Å². The number of carbonyl (C=O) groups is 1. The van der Waals surface area contributed by atoms with Crippen molar-refractivity contribution in [2.75, 3.05) is 11.9 Å². The Bertz CT molecular complexity index is 1460. The zero-order chi connectivity index (χ0) is 26.5. The van der Waals surface area contributed by atoms with Gasteiger partial charge in [0, 0.05) is 0 Å². The van der Waals surface area contributed by atoms with Gasteiger partial charge in [-0.15, -0.1) is 0 Å². The number of nitrogens with one attached hydrogen (secondary N) is 1. The monoisotopic (exact) mass is 564 g/mol. The third-order valence-electron chi connectivity index (χ3n) is 4.71. The van der Waals surface area contributed by atoms with Gasteiger partial charge in [-0.1, -0.05) is 58.6 Å². The quantitative estimate of drug-likeness (QED) is 0.186. The summed E-state index contributed by atoms with van der Waals surface area (Å²) in [6, 6.07) is 15.4. The van der Waals surface area contributed by atoms with Gasteiger partial charge >= 0.3 is 10.1 Å². The van der Waals surface area contributed by atoms with Crippen LogP contribution in [0.4, 0.5) is 5.69 Å². The second-order valence-corrected chi connectivity index (χ2v) is 10.1. The zero-order valence-electron chi connectivity index (χ0n) is 19.0. The molecule has 0 fully saturated rings. The van der Waals surface area contributed by atoms with Gasteiger partial charge in [-0.3, -0.25) is 4.79 Å². The molecule has 0 saturated heterocycles. The van der Waals surface area contributed by atoms with Gasteiger partial charge < -0.3 is 14.2 Å². The molecule has 0 unspecified atom stereocenters. The second kappa shape index (κ2) is 11.7. The van der Waals surface area contributed by atoms with E-state index in [9.17, 15) is 18.5 Å². The number of anilines is 1. The number of halogens is 3. The molecule has 0 atom stereocenters. The maximum absolute atomic E-state index is 12.8. The first-order valence-corrected chi connectivity index (χ1v) is 12.9. The van der Waals surface area contributed by atoms with E-state index in [1.54, 1.807) is 25.1 Å². The van der Waals surface area contributed by atoms with Crippen LogP contribution in [0.5, 0.6) is 11.5 Å². The third kappa shape index (κ3) is 6.50. The molecule has 36 heavy (non-hydrogen) atoms. The molecule has 0 spiro atoms. The highest BCUT2D eigenvalue weighted by Crippen LogP contribution is 2.39. The van der Waals surface area contributed by atoms with Crippen LogP contribution < -0.4 is 14.2 Å².